The summed E-state index contributed by atoms with van der Waals surface area (Å²) in [5.74, 6) is -0.542. The van der Waals surface area contributed by atoms with Crippen molar-refractivity contribution in [3.63, 3.8) is 0 Å². The van der Waals surface area contributed by atoms with Crippen molar-refractivity contribution in [3.8, 4) is 11.3 Å². The molecule has 0 spiro atoms. The SMILES string of the molecule is CCOC(=O)c1c(C(=O)N2CCN(C(=O)CCc3ccccc3)C(C)C2)nc(C)nc1-c1ccccc1. The van der Waals surface area contributed by atoms with Gasteiger partial charge in [-0.25, -0.2) is 14.8 Å². The van der Waals surface area contributed by atoms with Crippen LogP contribution in [-0.4, -0.2) is 69.8 Å². The van der Waals surface area contributed by atoms with Gasteiger partial charge in [0.25, 0.3) is 5.91 Å². The van der Waals surface area contributed by atoms with Crippen molar-refractivity contribution < 1.29 is 19.1 Å². The Morgan fingerprint density at radius 1 is 0.973 bits per heavy atom. The standard InChI is InChI=1S/C29H32N4O4/c1-4-37-29(36)25-26(23-13-9-6-10-14-23)30-21(3)31-27(25)28(35)32-17-18-33(20(2)19-32)24(34)16-15-22-11-7-5-8-12-22/h5-14,20H,4,15-19H2,1-3H3. The third-order valence-electron chi connectivity index (χ3n) is 6.46. The van der Waals surface area contributed by atoms with Gasteiger partial charge in [0.15, 0.2) is 0 Å². The van der Waals surface area contributed by atoms with Gasteiger partial charge in [-0.1, -0.05) is 60.7 Å². The molecule has 2 amide bonds. The van der Waals surface area contributed by atoms with E-state index in [0.29, 0.717) is 49.6 Å². The zero-order chi connectivity index (χ0) is 26.4. The summed E-state index contributed by atoms with van der Waals surface area (Å²) in [4.78, 5) is 52.1. The number of carbonyl (C=O) groups excluding carboxylic acids is 3. The molecule has 0 aliphatic carbocycles. The second-order valence-electron chi connectivity index (χ2n) is 9.10. The molecule has 0 saturated carbocycles. The van der Waals surface area contributed by atoms with E-state index >= 15 is 0 Å². The number of piperazine rings is 1. The van der Waals surface area contributed by atoms with Gasteiger partial charge in [-0.2, -0.15) is 0 Å². The summed E-state index contributed by atoms with van der Waals surface area (Å²) in [6, 6.07) is 19.0. The molecular weight excluding hydrogens is 468 g/mol. The molecule has 192 valence electrons. The summed E-state index contributed by atoms with van der Waals surface area (Å²) in [6.45, 7) is 6.64. The zero-order valence-corrected chi connectivity index (χ0v) is 21.5. The lowest BCUT2D eigenvalue weighted by molar-refractivity contribution is -0.135. The number of hydrogen-bond donors (Lipinski definition) is 0. The zero-order valence-electron chi connectivity index (χ0n) is 21.5. The number of benzene rings is 2. The van der Waals surface area contributed by atoms with E-state index in [2.05, 4.69) is 9.97 Å². The molecule has 1 saturated heterocycles. The Labute approximate surface area is 217 Å². The van der Waals surface area contributed by atoms with Crippen LogP contribution in [0, 0.1) is 6.92 Å². The molecule has 0 radical (unpaired) electrons. The number of esters is 1. The predicted molar refractivity (Wildman–Crippen MR) is 140 cm³/mol. The highest BCUT2D eigenvalue weighted by Crippen LogP contribution is 2.26. The van der Waals surface area contributed by atoms with Crippen LogP contribution in [-0.2, 0) is 16.0 Å². The normalized spacial score (nSPS) is 15.4. The van der Waals surface area contributed by atoms with Crippen molar-refractivity contribution in [2.45, 2.75) is 39.7 Å². The van der Waals surface area contributed by atoms with Gasteiger partial charge in [0.1, 0.15) is 17.1 Å². The molecule has 1 atom stereocenters. The molecular formula is C29H32N4O4. The lowest BCUT2D eigenvalue weighted by atomic mass is 10.0. The average molecular weight is 501 g/mol. The smallest absolute Gasteiger partial charge is 0.342 e. The summed E-state index contributed by atoms with van der Waals surface area (Å²) >= 11 is 0. The first-order chi connectivity index (χ1) is 17.9. The van der Waals surface area contributed by atoms with Crippen molar-refractivity contribution in [1.29, 1.82) is 0 Å². The largest absolute Gasteiger partial charge is 0.462 e. The van der Waals surface area contributed by atoms with Crippen LogP contribution in [0.1, 0.15) is 52.5 Å². The predicted octanol–water partition coefficient (Wildman–Crippen LogP) is 3.93. The molecule has 2 heterocycles. The Morgan fingerprint density at radius 3 is 2.30 bits per heavy atom. The van der Waals surface area contributed by atoms with E-state index in [0.717, 1.165) is 5.56 Å². The Hall–Kier alpha value is -4.07. The maximum atomic E-state index is 13.7. The Kier molecular flexibility index (Phi) is 8.28. The van der Waals surface area contributed by atoms with Gasteiger partial charge < -0.3 is 14.5 Å². The van der Waals surface area contributed by atoms with Crippen molar-refractivity contribution in [1.82, 2.24) is 19.8 Å². The summed E-state index contributed by atoms with van der Waals surface area (Å²) in [6.07, 6.45) is 1.10. The number of hydrogen-bond acceptors (Lipinski definition) is 6. The number of carbonyl (C=O) groups is 3. The molecule has 4 rings (SSSR count). The molecule has 0 N–H and O–H groups in total. The molecule has 0 bridgehead atoms. The Morgan fingerprint density at radius 2 is 1.65 bits per heavy atom. The second-order valence-corrected chi connectivity index (χ2v) is 9.10. The average Bonchev–Trinajstić information content (AvgIpc) is 2.92. The minimum Gasteiger partial charge on any atom is -0.462 e. The minimum atomic E-state index is -0.632. The molecule has 2 aromatic carbocycles. The summed E-state index contributed by atoms with van der Waals surface area (Å²) in [5.41, 5.74) is 2.29. The van der Waals surface area contributed by atoms with Crippen LogP contribution < -0.4 is 0 Å². The molecule has 1 aliphatic rings. The number of aromatic nitrogens is 2. The number of nitrogens with zero attached hydrogens (tertiary/aromatic N) is 4. The van der Waals surface area contributed by atoms with Crippen LogP contribution in [0.25, 0.3) is 11.3 Å². The van der Waals surface area contributed by atoms with E-state index in [9.17, 15) is 14.4 Å². The number of aryl methyl sites for hydroxylation is 2. The van der Waals surface area contributed by atoms with Crippen molar-refractivity contribution in [3.05, 3.63) is 83.3 Å². The van der Waals surface area contributed by atoms with Gasteiger partial charge in [0.2, 0.25) is 5.91 Å². The van der Waals surface area contributed by atoms with Crippen molar-refractivity contribution in [2.24, 2.45) is 0 Å². The maximum Gasteiger partial charge on any atom is 0.342 e. The first-order valence-electron chi connectivity index (χ1n) is 12.6. The van der Waals surface area contributed by atoms with Crippen LogP contribution in [0.4, 0.5) is 0 Å². The maximum absolute atomic E-state index is 13.7. The van der Waals surface area contributed by atoms with E-state index < -0.39 is 5.97 Å². The molecule has 1 unspecified atom stereocenters. The first kappa shape index (κ1) is 26.0. The fourth-order valence-electron chi connectivity index (χ4n) is 4.63. The van der Waals surface area contributed by atoms with Gasteiger partial charge in [-0.3, -0.25) is 9.59 Å². The summed E-state index contributed by atoms with van der Waals surface area (Å²) in [5, 5.41) is 0. The van der Waals surface area contributed by atoms with Crippen LogP contribution in [0.15, 0.2) is 60.7 Å². The fraction of sp³-hybridized carbons (Fsp3) is 0.345. The van der Waals surface area contributed by atoms with Gasteiger partial charge in [-0.05, 0) is 32.8 Å². The third-order valence-corrected chi connectivity index (χ3v) is 6.46. The molecule has 3 aromatic rings. The van der Waals surface area contributed by atoms with Gasteiger partial charge in [-0.15, -0.1) is 0 Å². The van der Waals surface area contributed by atoms with Crippen molar-refractivity contribution >= 4 is 17.8 Å². The number of ether oxygens (including phenoxy) is 1. The Balaban J connectivity index is 1.54. The fourth-order valence-corrected chi connectivity index (χ4v) is 4.63. The van der Waals surface area contributed by atoms with Gasteiger partial charge in [0, 0.05) is 37.7 Å². The van der Waals surface area contributed by atoms with E-state index in [4.69, 9.17) is 4.74 Å². The van der Waals surface area contributed by atoms with E-state index in [1.165, 1.54) is 0 Å². The molecule has 1 fully saturated rings. The van der Waals surface area contributed by atoms with Gasteiger partial charge >= 0.3 is 5.97 Å². The second kappa shape index (κ2) is 11.8. The summed E-state index contributed by atoms with van der Waals surface area (Å²) in [7, 11) is 0. The van der Waals surface area contributed by atoms with Crippen LogP contribution in [0.2, 0.25) is 0 Å². The summed E-state index contributed by atoms with van der Waals surface area (Å²) < 4.78 is 5.30. The lowest BCUT2D eigenvalue weighted by Gasteiger charge is -2.40. The van der Waals surface area contributed by atoms with E-state index in [1.54, 1.807) is 18.7 Å². The third kappa shape index (κ3) is 6.02. The highest BCUT2D eigenvalue weighted by molar-refractivity contribution is 6.07. The minimum absolute atomic E-state index is 0.0286. The van der Waals surface area contributed by atoms with Crippen LogP contribution in [0.5, 0.6) is 0 Å². The highest BCUT2D eigenvalue weighted by Gasteiger charge is 2.34. The highest BCUT2D eigenvalue weighted by atomic mass is 16.5. The van der Waals surface area contributed by atoms with E-state index in [-0.39, 0.29) is 35.7 Å². The van der Waals surface area contributed by atoms with Crippen LogP contribution in [0.3, 0.4) is 0 Å². The monoisotopic (exact) mass is 500 g/mol. The quantitative estimate of drug-likeness (QED) is 0.457. The molecule has 37 heavy (non-hydrogen) atoms. The van der Waals surface area contributed by atoms with Crippen LogP contribution >= 0.6 is 0 Å². The van der Waals surface area contributed by atoms with Crippen molar-refractivity contribution in [2.75, 3.05) is 26.2 Å². The van der Waals surface area contributed by atoms with Gasteiger partial charge in [0.05, 0.1) is 12.3 Å². The number of rotatable bonds is 7. The Bertz CT molecular complexity index is 1260. The van der Waals surface area contributed by atoms with E-state index in [1.807, 2.05) is 72.5 Å². The molecule has 1 aliphatic heterocycles. The lowest BCUT2D eigenvalue weighted by Crippen LogP contribution is -2.55. The number of amides is 2. The first-order valence-corrected chi connectivity index (χ1v) is 12.6. The topological polar surface area (TPSA) is 92.7 Å². The molecule has 8 heteroatoms. The molecule has 8 nitrogen and oxygen atoms in total. The molecule has 1 aromatic heterocycles.